The lowest BCUT2D eigenvalue weighted by atomic mass is 10.4. The van der Waals surface area contributed by atoms with Crippen molar-refractivity contribution in [1.29, 1.82) is 0 Å². The zero-order valence-electron chi connectivity index (χ0n) is 7.85. The molecule has 0 N–H and O–H groups in total. The van der Waals surface area contributed by atoms with Crippen molar-refractivity contribution in [3.8, 4) is 0 Å². The van der Waals surface area contributed by atoms with Gasteiger partial charge in [-0.25, -0.2) is 4.98 Å². The Morgan fingerprint density at radius 3 is 2.93 bits per heavy atom. The zero-order valence-corrected chi connectivity index (χ0v) is 8.66. The van der Waals surface area contributed by atoms with Gasteiger partial charge in [-0.05, 0) is 0 Å². The molecule has 2 rings (SSSR count). The van der Waals surface area contributed by atoms with Gasteiger partial charge in [0.25, 0.3) is 0 Å². The Bertz CT molecular complexity index is 293. The van der Waals surface area contributed by atoms with Crippen LogP contribution < -0.4 is 0 Å². The molecule has 1 aliphatic heterocycles. The Hall–Kier alpha value is -0.970. The number of hydrogen-bond acceptors (Lipinski definition) is 3. The number of thioether (sulfide) groups is 1. The predicted molar refractivity (Wildman–Crippen MR) is 55.0 cm³/mol. The number of rotatable bonds is 2. The molecule has 1 radical (unpaired) electrons. The lowest BCUT2D eigenvalue weighted by Crippen LogP contribution is -2.39. The standard InChI is InChI=1S/C9H12N3OS/c13-9(7-11-2-1-10-8-11)12-3-5-14-6-4-12/h2,8H,3-7H2. The Morgan fingerprint density at radius 2 is 2.29 bits per heavy atom. The largest absolute Gasteiger partial charge is 0.339 e. The summed E-state index contributed by atoms with van der Waals surface area (Å²) in [5, 5.41) is 0. The lowest BCUT2D eigenvalue weighted by Gasteiger charge is -2.26. The van der Waals surface area contributed by atoms with Crippen LogP contribution in [-0.4, -0.2) is 45.0 Å². The van der Waals surface area contributed by atoms with Crippen LogP contribution in [0.4, 0.5) is 0 Å². The van der Waals surface area contributed by atoms with E-state index >= 15 is 0 Å². The van der Waals surface area contributed by atoms with Crippen LogP contribution in [0, 0.1) is 6.20 Å². The van der Waals surface area contributed by atoms with Crippen LogP contribution in [0.1, 0.15) is 0 Å². The molecule has 14 heavy (non-hydrogen) atoms. The highest BCUT2D eigenvalue weighted by Gasteiger charge is 2.16. The molecule has 75 valence electrons. The number of hydrogen-bond donors (Lipinski definition) is 0. The summed E-state index contributed by atoms with van der Waals surface area (Å²) in [6.07, 6.45) is 5.99. The molecule has 0 saturated carbocycles. The highest BCUT2D eigenvalue weighted by Crippen LogP contribution is 2.09. The molecule has 0 bridgehead atoms. The van der Waals surface area contributed by atoms with Gasteiger partial charge in [0.05, 0.1) is 6.33 Å². The first-order chi connectivity index (χ1) is 6.86. The van der Waals surface area contributed by atoms with E-state index in [0.717, 1.165) is 24.6 Å². The molecular weight excluding hydrogens is 198 g/mol. The van der Waals surface area contributed by atoms with Gasteiger partial charge in [-0.15, -0.1) is 0 Å². The lowest BCUT2D eigenvalue weighted by molar-refractivity contribution is -0.131. The second-order valence-corrected chi connectivity index (χ2v) is 4.39. The quantitative estimate of drug-likeness (QED) is 0.702. The van der Waals surface area contributed by atoms with E-state index in [4.69, 9.17) is 0 Å². The molecule has 4 nitrogen and oxygen atoms in total. The van der Waals surface area contributed by atoms with Crippen molar-refractivity contribution in [2.45, 2.75) is 6.54 Å². The van der Waals surface area contributed by atoms with Crippen LogP contribution in [0.3, 0.4) is 0 Å². The first-order valence-corrected chi connectivity index (χ1v) is 5.75. The summed E-state index contributed by atoms with van der Waals surface area (Å²) in [5.74, 6) is 2.29. The first kappa shape index (κ1) is 9.58. The molecule has 1 aromatic rings. The van der Waals surface area contributed by atoms with Crippen molar-refractivity contribution in [3.63, 3.8) is 0 Å². The number of aromatic nitrogens is 2. The number of imidazole rings is 1. The molecule has 1 amide bonds. The molecule has 0 aliphatic carbocycles. The van der Waals surface area contributed by atoms with E-state index in [0.29, 0.717) is 6.54 Å². The van der Waals surface area contributed by atoms with Gasteiger partial charge < -0.3 is 9.47 Å². The van der Waals surface area contributed by atoms with Gasteiger partial charge in [0.1, 0.15) is 12.7 Å². The minimum absolute atomic E-state index is 0.178. The van der Waals surface area contributed by atoms with Crippen molar-refractivity contribution < 1.29 is 4.79 Å². The van der Waals surface area contributed by atoms with E-state index in [-0.39, 0.29) is 5.91 Å². The maximum atomic E-state index is 11.7. The number of amides is 1. The maximum Gasteiger partial charge on any atom is 0.242 e. The molecule has 1 aromatic heterocycles. The van der Waals surface area contributed by atoms with E-state index < -0.39 is 0 Å². The van der Waals surface area contributed by atoms with E-state index in [9.17, 15) is 4.79 Å². The molecular formula is C9H12N3OS. The Kier molecular flexibility index (Phi) is 3.08. The van der Waals surface area contributed by atoms with Crippen molar-refractivity contribution in [2.75, 3.05) is 24.6 Å². The number of carbonyl (C=O) groups excluding carboxylic acids is 1. The van der Waals surface area contributed by atoms with E-state index in [1.807, 2.05) is 16.7 Å². The Morgan fingerprint density at radius 1 is 1.50 bits per heavy atom. The normalized spacial score (nSPS) is 17.0. The fourth-order valence-corrected chi connectivity index (χ4v) is 2.31. The smallest absolute Gasteiger partial charge is 0.242 e. The monoisotopic (exact) mass is 210 g/mol. The maximum absolute atomic E-state index is 11.7. The number of nitrogens with zero attached hydrogens (tertiary/aromatic N) is 3. The number of carbonyl (C=O) groups is 1. The Labute approximate surface area is 87.3 Å². The molecule has 0 spiro atoms. The Balaban J connectivity index is 1.88. The van der Waals surface area contributed by atoms with Crippen LogP contribution >= 0.6 is 11.8 Å². The van der Waals surface area contributed by atoms with Gasteiger partial charge in [-0.2, -0.15) is 11.8 Å². The average Bonchev–Trinajstić information content (AvgIpc) is 2.72. The van der Waals surface area contributed by atoms with Gasteiger partial charge in [-0.3, -0.25) is 4.79 Å². The van der Waals surface area contributed by atoms with E-state index in [2.05, 4.69) is 11.2 Å². The predicted octanol–water partition coefficient (Wildman–Crippen LogP) is 0.259. The fourth-order valence-electron chi connectivity index (χ4n) is 1.40. The molecule has 0 aromatic carbocycles. The van der Waals surface area contributed by atoms with Gasteiger partial charge in [0.2, 0.25) is 5.91 Å². The molecule has 1 saturated heterocycles. The zero-order chi connectivity index (χ0) is 9.80. The topological polar surface area (TPSA) is 38.1 Å². The summed E-state index contributed by atoms with van der Waals surface area (Å²) in [4.78, 5) is 17.4. The summed E-state index contributed by atoms with van der Waals surface area (Å²) in [6.45, 7) is 2.14. The summed E-state index contributed by atoms with van der Waals surface area (Å²) in [5.41, 5.74) is 0. The SMILES string of the molecule is O=C(Cn1c[c]nc1)N1CCSCC1. The third-order valence-corrected chi connectivity index (χ3v) is 3.13. The van der Waals surface area contributed by atoms with Crippen LogP contribution in [0.25, 0.3) is 0 Å². The van der Waals surface area contributed by atoms with E-state index in [1.165, 1.54) is 0 Å². The molecule has 5 heteroatoms. The molecule has 2 heterocycles. The van der Waals surface area contributed by atoms with Crippen molar-refractivity contribution in [1.82, 2.24) is 14.5 Å². The molecule has 1 fully saturated rings. The summed E-state index contributed by atoms with van der Waals surface area (Å²) < 4.78 is 1.75. The molecule has 1 aliphatic rings. The minimum Gasteiger partial charge on any atom is -0.339 e. The first-order valence-electron chi connectivity index (χ1n) is 4.59. The van der Waals surface area contributed by atoms with Crippen molar-refractivity contribution in [3.05, 3.63) is 18.7 Å². The molecule has 0 atom stereocenters. The highest BCUT2D eigenvalue weighted by molar-refractivity contribution is 7.99. The second kappa shape index (κ2) is 4.50. The molecule has 0 unspecified atom stereocenters. The van der Waals surface area contributed by atoms with Gasteiger partial charge in [-0.1, -0.05) is 0 Å². The van der Waals surface area contributed by atoms with Gasteiger partial charge in [0.15, 0.2) is 0 Å². The highest BCUT2D eigenvalue weighted by atomic mass is 32.2. The second-order valence-electron chi connectivity index (χ2n) is 3.17. The minimum atomic E-state index is 0.178. The van der Waals surface area contributed by atoms with Crippen LogP contribution in [0.5, 0.6) is 0 Å². The van der Waals surface area contributed by atoms with Crippen LogP contribution in [-0.2, 0) is 11.3 Å². The third-order valence-electron chi connectivity index (χ3n) is 2.19. The van der Waals surface area contributed by atoms with E-state index in [1.54, 1.807) is 17.1 Å². The summed E-state index contributed by atoms with van der Waals surface area (Å²) in [7, 11) is 0. The average molecular weight is 210 g/mol. The third kappa shape index (κ3) is 2.29. The van der Waals surface area contributed by atoms with Gasteiger partial charge >= 0.3 is 0 Å². The van der Waals surface area contributed by atoms with Crippen LogP contribution in [0.2, 0.25) is 0 Å². The van der Waals surface area contributed by atoms with Crippen LogP contribution in [0.15, 0.2) is 12.5 Å². The summed E-state index contributed by atoms with van der Waals surface area (Å²) in [6, 6.07) is 0. The van der Waals surface area contributed by atoms with Gasteiger partial charge in [0, 0.05) is 30.8 Å². The van der Waals surface area contributed by atoms with Crippen molar-refractivity contribution >= 4 is 17.7 Å². The fraction of sp³-hybridized carbons (Fsp3) is 0.556. The van der Waals surface area contributed by atoms with Crippen molar-refractivity contribution in [2.24, 2.45) is 0 Å². The summed E-state index contributed by atoms with van der Waals surface area (Å²) >= 11 is 1.90.